The maximum absolute atomic E-state index is 13.6. The van der Waals surface area contributed by atoms with Crippen molar-refractivity contribution in [2.45, 2.75) is 13.1 Å². The van der Waals surface area contributed by atoms with Crippen molar-refractivity contribution in [3.63, 3.8) is 0 Å². The molecule has 0 amide bonds. The molecule has 0 fully saturated rings. The summed E-state index contributed by atoms with van der Waals surface area (Å²) in [7, 11) is -3.01. The molecular formula is C28H25FN6O3S. The molecule has 39 heavy (non-hydrogen) atoms. The van der Waals surface area contributed by atoms with Gasteiger partial charge in [0.05, 0.1) is 36.1 Å². The maximum Gasteiger partial charge on any atom is 0.177 e. The summed E-state index contributed by atoms with van der Waals surface area (Å²) >= 11 is 0. The zero-order valence-electron chi connectivity index (χ0n) is 21.1. The van der Waals surface area contributed by atoms with Crippen molar-refractivity contribution in [2.24, 2.45) is 0 Å². The Morgan fingerprint density at radius 2 is 1.97 bits per heavy atom. The lowest BCUT2D eigenvalue weighted by atomic mass is 10.2. The number of furan rings is 1. The minimum absolute atomic E-state index is 0.0638. The Labute approximate surface area is 225 Å². The van der Waals surface area contributed by atoms with Crippen LogP contribution in [0, 0.1) is 17.7 Å². The van der Waals surface area contributed by atoms with Crippen LogP contribution in [-0.2, 0) is 22.9 Å². The molecule has 2 N–H and O–H groups in total. The van der Waals surface area contributed by atoms with Crippen LogP contribution in [0.15, 0.2) is 77.7 Å². The summed E-state index contributed by atoms with van der Waals surface area (Å²) in [5.41, 5.74) is 3.14. The van der Waals surface area contributed by atoms with Gasteiger partial charge in [-0.25, -0.2) is 22.8 Å². The van der Waals surface area contributed by atoms with Crippen LogP contribution in [-0.4, -0.2) is 46.7 Å². The van der Waals surface area contributed by atoms with Crippen molar-refractivity contribution in [1.82, 2.24) is 25.1 Å². The molecule has 0 bridgehead atoms. The topological polar surface area (TPSA) is 115 Å². The highest BCUT2D eigenvalue weighted by Crippen LogP contribution is 2.23. The minimum atomic E-state index is -3.01. The average Bonchev–Trinajstić information content (AvgIpc) is 3.52. The molecule has 198 valence electrons. The van der Waals surface area contributed by atoms with E-state index in [2.05, 4.69) is 37.5 Å². The van der Waals surface area contributed by atoms with Gasteiger partial charge in [0.25, 0.3) is 0 Å². The summed E-state index contributed by atoms with van der Waals surface area (Å²) in [4.78, 5) is 8.43. The van der Waals surface area contributed by atoms with Crippen LogP contribution < -0.4 is 10.6 Å². The van der Waals surface area contributed by atoms with E-state index in [0.29, 0.717) is 42.5 Å². The van der Waals surface area contributed by atoms with Gasteiger partial charge >= 0.3 is 0 Å². The lowest BCUT2D eigenvalue weighted by molar-refractivity contribution is 0.478. The number of aromatic nitrogens is 4. The molecule has 0 atom stereocenters. The largest absolute Gasteiger partial charge is 0.451 e. The number of hydrogen-bond acceptors (Lipinski definition) is 8. The van der Waals surface area contributed by atoms with Gasteiger partial charge in [-0.05, 0) is 53.9 Å². The molecule has 0 aliphatic heterocycles. The summed E-state index contributed by atoms with van der Waals surface area (Å²) in [5, 5.41) is 11.7. The third kappa shape index (κ3) is 7.07. The van der Waals surface area contributed by atoms with Crippen molar-refractivity contribution >= 4 is 32.2 Å². The molecule has 5 aromatic rings. The van der Waals surface area contributed by atoms with Crippen LogP contribution in [0.1, 0.15) is 22.6 Å². The Kier molecular flexibility index (Phi) is 7.67. The van der Waals surface area contributed by atoms with E-state index in [1.54, 1.807) is 30.6 Å². The quantitative estimate of drug-likeness (QED) is 0.212. The highest BCUT2D eigenvalue weighted by Gasteiger charge is 2.08. The second kappa shape index (κ2) is 11.5. The molecule has 0 saturated heterocycles. The normalized spacial score (nSPS) is 11.3. The van der Waals surface area contributed by atoms with Crippen molar-refractivity contribution in [2.75, 3.05) is 23.9 Å². The fraction of sp³-hybridized carbons (Fsp3) is 0.179. The fourth-order valence-electron chi connectivity index (χ4n) is 3.89. The van der Waals surface area contributed by atoms with Crippen LogP contribution in [0.25, 0.3) is 10.9 Å². The molecule has 0 radical (unpaired) electrons. The fourth-order valence-corrected chi connectivity index (χ4v) is 4.41. The highest BCUT2D eigenvalue weighted by atomic mass is 32.2. The van der Waals surface area contributed by atoms with Crippen molar-refractivity contribution in [3.8, 4) is 11.8 Å². The van der Waals surface area contributed by atoms with E-state index in [-0.39, 0.29) is 11.6 Å². The van der Waals surface area contributed by atoms with Crippen molar-refractivity contribution < 1.29 is 17.2 Å². The van der Waals surface area contributed by atoms with Gasteiger partial charge in [0, 0.05) is 30.1 Å². The van der Waals surface area contributed by atoms with Crippen molar-refractivity contribution in [3.05, 3.63) is 102 Å². The van der Waals surface area contributed by atoms with Crippen LogP contribution in [0.3, 0.4) is 0 Å². The Balaban J connectivity index is 1.26. The molecule has 5 rings (SSSR count). The molecular weight excluding hydrogens is 519 g/mol. The molecule has 2 aromatic carbocycles. The molecule has 0 aliphatic rings. The maximum atomic E-state index is 13.6. The predicted molar refractivity (Wildman–Crippen MR) is 147 cm³/mol. The molecule has 9 nitrogen and oxygen atoms in total. The molecule has 11 heteroatoms. The monoisotopic (exact) mass is 544 g/mol. The number of nitrogens with one attached hydrogen (secondary N) is 2. The first kappa shape index (κ1) is 26.1. The van der Waals surface area contributed by atoms with E-state index >= 15 is 0 Å². The number of fused-ring (bicyclic) bond motifs is 1. The van der Waals surface area contributed by atoms with E-state index in [9.17, 15) is 12.8 Å². The summed E-state index contributed by atoms with van der Waals surface area (Å²) in [6.07, 6.45) is 6.03. The molecule has 0 aliphatic carbocycles. The lowest BCUT2D eigenvalue weighted by Crippen LogP contribution is -2.21. The summed E-state index contributed by atoms with van der Waals surface area (Å²) < 4.78 is 43.6. The second-order valence-electron chi connectivity index (χ2n) is 8.94. The van der Waals surface area contributed by atoms with Gasteiger partial charge in [-0.3, -0.25) is 4.68 Å². The number of benzene rings is 2. The zero-order valence-corrected chi connectivity index (χ0v) is 21.9. The van der Waals surface area contributed by atoms with Gasteiger partial charge < -0.3 is 15.1 Å². The van der Waals surface area contributed by atoms with Crippen LogP contribution >= 0.6 is 0 Å². The van der Waals surface area contributed by atoms with Crippen LogP contribution in [0.2, 0.25) is 0 Å². The summed E-state index contributed by atoms with van der Waals surface area (Å²) in [6, 6.07) is 15.9. The Bertz CT molecular complexity index is 1790. The Morgan fingerprint density at radius 1 is 1.08 bits per heavy atom. The first-order valence-corrected chi connectivity index (χ1v) is 14.1. The van der Waals surface area contributed by atoms with E-state index in [1.165, 1.54) is 24.7 Å². The van der Waals surface area contributed by atoms with E-state index in [0.717, 1.165) is 22.2 Å². The van der Waals surface area contributed by atoms with Gasteiger partial charge in [-0.1, -0.05) is 18.1 Å². The van der Waals surface area contributed by atoms with Crippen LogP contribution in [0.5, 0.6) is 0 Å². The molecule has 0 spiro atoms. The van der Waals surface area contributed by atoms with Gasteiger partial charge in [-0.2, -0.15) is 5.10 Å². The number of hydrogen-bond donors (Lipinski definition) is 2. The number of halogens is 1. The van der Waals surface area contributed by atoms with Crippen molar-refractivity contribution in [1.29, 1.82) is 0 Å². The SMILES string of the molecule is CS(=O)(=O)CCNCc1ccc(C#Cc2cncnc2Nc2ccc3c(cnn3Cc3cccc(F)c3)c2)o1. The third-order valence-corrected chi connectivity index (χ3v) is 6.71. The standard InChI is InChI=1S/C28H25FN6O3S/c1-39(36,37)12-11-30-17-26-9-8-25(38-26)7-5-21-15-31-19-32-28(21)34-24-6-10-27-22(14-24)16-33-35(27)18-20-3-2-4-23(29)13-20/h2-4,6,8-10,13-16,19,30H,11-12,17-18H2,1H3,(H,31,32,34). The van der Waals surface area contributed by atoms with E-state index in [4.69, 9.17) is 4.42 Å². The smallest absolute Gasteiger partial charge is 0.177 e. The number of anilines is 2. The summed E-state index contributed by atoms with van der Waals surface area (Å²) in [5.74, 6) is 7.48. The lowest BCUT2D eigenvalue weighted by Gasteiger charge is -2.08. The first-order valence-electron chi connectivity index (χ1n) is 12.1. The van der Waals surface area contributed by atoms with Gasteiger partial charge in [-0.15, -0.1) is 0 Å². The minimum Gasteiger partial charge on any atom is -0.451 e. The second-order valence-corrected chi connectivity index (χ2v) is 11.2. The average molecular weight is 545 g/mol. The van der Waals surface area contributed by atoms with Crippen LogP contribution in [0.4, 0.5) is 15.9 Å². The predicted octanol–water partition coefficient (Wildman–Crippen LogP) is 3.88. The molecule has 0 saturated carbocycles. The van der Waals surface area contributed by atoms with Gasteiger partial charge in [0.2, 0.25) is 0 Å². The number of rotatable bonds is 9. The highest BCUT2D eigenvalue weighted by molar-refractivity contribution is 7.90. The number of sulfone groups is 1. The third-order valence-electron chi connectivity index (χ3n) is 5.77. The Hall–Kier alpha value is -4.53. The van der Waals surface area contributed by atoms with Gasteiger partial charge in [0.1, 0.15) is 33.6 Å². The van der Waals surface area contributed by atoms with Gasteiger partial charge in [0.15, 0.2) is 5.76 Å². The molecule has 3 aromatic heterocycles. The summed E-state index contributed by atoms with van der Waals surface area (Å²) in [6.45, 7) is 1.21. The first-order chi connectivity index (χ1) is 18.8. The molecule has 0 unspecified atom stereocenters. The zero-order chi connectivity index (χ0) is 27.2. The van der Waals surface area contributed by atoms with E-state index in [1.807, 2.05) is 28.9 Å². The number of nitrogens with zero attached hydrogens (tertiary/aromatic N) is 4. The molecule has 3 heterocycles. The van der Waals surface area contributed by atoms with E-state index < -0.39 is 9.84 Å². The Morgan fingerprint density at radius 3 is 2.82 bits per heavy atom.